The second kappa shape index (κ2) is 15.1. The zero-order valence-electron chi connectivity index (χ0n) is 33.7. The number of fused-ring (bicyclic) bond motifs is 3. The summed E-state index contributed by atoms with van der Waals surface area (Å²) in [5.41, 5.74) is 6.64. The van der Waals surface area contributed by atoms with Crippen molar-refractivity contribution in [3.63, 3.8) is 0 Å². The monoisotopic (exact) mass is 787 g/mol. The van der Waals surface area contributed by atoms with Crippen molar-refractivity contribution in [2.45, 2.75) is 90.6 Å². The van der Waals surface area contributed by atoms with Crippen molar-refractivity contribution in [2.24, 2.45) is 5.41 Å². The number of aliphatic hydroxyl groups excluding tert-OH is 1. The largest absolute Gasteiger partial charge is 0.392 e. The highest BCUT2D eigenvalue weighted by Crippen LogP contribution is 2.41. The zero-order chi connectivity index (χ0) is 40.3. The van der Waals surface area contributed by atoms with Crippen molar-refractivity contribution in [1.82, 2.24) is 24.0 Å². The van der Waals surface area contributed by atoms with Crippen LogP contribution in [0.15, 0.2) is 60.2 Å². The summed E-state index contributed by atoms with van der Waals surface area (Å²) in [7, 11) is 0. The predicted octanol–water partition coefficient (Wildman–Crippen LogP) is 5.28. The Morgan fingerprint density at radius 2 is 1.84 bits per heavy atom. The van der Waals surface area contributed by atoms with E-state index in [-0.39, 0.29) is 47.3 Å². The number of amides is 2. The molecule has 2 saturated heterocycles. The lowest BCUT2D eigenvalue weighted by atomic mass is 9.90. The number of aromatic nitrogens is 4. The molecule has 3 aromatic heterocycles. The van der Waals surface area contributed by atoms with Gasteiger partial charge < -0.3 is 34.5 Å². The van der Waals surface area contributed by atoms with Gasteiger partial charge in [-0.05, 0) is 92.8 Å². The molecule has 5 aliphatic rings. The molecular weight excluding hydrogens is 735 g/mol. The lowest BCUT2D eigenvalue weighted by Gasteiger charge is -2.45. The fraction of sp³-hybridized carbons (Fsp3) is 0.477. The standard InChI is InChI=1S/C44H53N9O5/c1-5-39(55)47-34-21-29(6-9-36(34)50-15-14-49(24-27(50)2)30-11-18-58-19-12-30)46-40-43(57)53(31-7-8-31)25-35(48-40)32-10-13-45-41(33(32)26-54)52-17-16-51-37(42(52)56)20-28-22-44(3,4)23-38(28)51/h5-6,9-10,13,20-21,25,27,30-31,54H,1,7-8,11-12,14-19,22-24,26H2,2-4H3,(H,46,48)(H,47,55). The Bertz CT molecular complexity index is 2340. The molecule has 1 unspecified atom stereocenters. The Labute approximate surface area is 338 Å². The minimum atomic E-state index is -0.378. The molecule has 58 heavy (non-hydrogen) atoms. The van der Waals surface area contributed by atoms with E-state index in [2.05, 4.69) is 57.3 Å². The first-order valence-corrected chi connectivity index (χ1v) is 20.7. The van der Waals surface area contributed by atoms with Crippen LogP contribution in [0.5, 0.6) is 0 Å². The Hall–Kier alpha value is -5.31. The molecule has 9 rings (SSSR count). The van der Waals surface area contributed by atoms with Crippen LogP contribution < -0.4 is 26.0 Å². The predicted molar refractivity (Wildman–Crippen MR) is 224 cm³/mol. The van der Waals surface area contributed by atoms with E-state index >= 15 is 0 Å². The second-order valence-electron chi connectivity index (χ2n) is 17.3. The van der Waals surface area contributed by atoms with Gasteiger partial charge in [0.25, 0.3) is 11.5 Å². The van der Waals surface area contributed by atoms with Crippen LogP contribution in [-0.2, 0) is 35.5 Å². The number of benzene rings is 1. The van der Waals surface area contributed by atoms with E-state index in [1.165, 1.54) is 17.3 Å². The van der Waals surface area contributed by atoms with Crippen LogP contribution in [-0.4, -0.2) is 92.4 Å². The van der Waals surface area contributed by atoms with Crippen LogP contribution in [0.3, 0.4) is 0 Å². The molecule has 14 heteroatoms. The van der Waals surface area contributed by atoms with E-state index in [1.54, 1.807) is 27.9 Å². The van der Waals surface area contributed by atoms with Gasteiger partial charge in [-0.2, -0.15) is 0 Å². The third kappa shape index (κ3) is 7.11. The molecule has 4 aromatic rings. The van der Waals surface area contributed by atoms with Crippen LogP contribution >= 0.6 is 0 Å². The molecule has 3 aliphatic heterocycles. The Morgan fingerprint density at radius 3 is 2.59 bits per heavy atom. The molecule has 1 atom stereocenters. The highest BCUT2D eigenvalue weighted by molar-refractivity contribution is 6.06. The van der Waals surface area contributed by atoms with Crippen molar-refractivity contribution in [3.8, 4) is 11.3 Å². The molecule has 3 N–H and O–H groups in total. The fourth-order valence-corrected chi connectivity index (χ4v) is 9.58. The van der Waals surface area contributed by atoms with Crippen molar-refractivity contribution < 1.29 is 19.4 Å². The van der Waals surface area contributed by atoms with Crippen LogP contribution in [0, 0.1) is 5.41 Å². The maximum Gasteiger partial charge on any atom is 0.293 e. The molecule has 304 valence electrons. The number of pyridine rings is 1. The average Bonchev–Trinajstić information content (AvgIpc) is 3.95. The highest BCUT2D eigenvalue weighted by Gasteiger charge is 2.38. The first kappa shape index (κ1) is 38.2. The molecule has 1 aromatic carbocycles. The molecule has 2 aliphatic carbocycles. The van der Waals surface area contributed by atoms with Gasteiger partial charge in [0.05, 0.1) is 23.7 Å². The summed E-state index contributed by atoms with van der Waals surface area (Å²) in [5, 5.41) is 17.2. The van der Waals surface area contributed by atoms with Crippen molar-refractivity contribution in [2.75, 3.05) is 59.8 Å². The van der Waals surface area contributed by atoms with E-state index in [1.807, 2.05) is 24.3 Å². The molecule has 14 nitrogen and oxygen atoms in total. The average molecular weight is 788 g/mol. The number of hydrogen-bond donors (Lipinski definition) is 3. The number of ether oxygens (including phenoxy) is 1. The molecule has 3 fully saturated rings. The third-order valence-corrected chi connectivity index (χ3v) is 12.6. The number of nitrogens with zero attached hydrogens (tertiary/aromatic N) is 7. The maximum atomic E-state index is 14.1. The lowest BCUT2D eigenvalue weighted by molar-refractivity contribution is -0.111. The highest BCUT2D eigenvalue weighted by atomic mass is 16.5. The van der Waals surface area contributed by atoms with Crippen LogP contribution in [0.2, 0.25) is 0 Å². The molecule has 0 radical (unpaired) electrons. The van der Waals surface area contributed by atoms with Gasteiger partial charge >= 0.3 is 0 Å². The maximum absolute atomic E-state index is 14.1. The molecular formula is C44H53N9O5. The van der Waals surface area contributed by atoms with Gasteiger partial charge in [-0.1, -0.05) is 20.4 Å². The summed E-state index contributed by atoms with van der Waals surface area (Å²) in [4.78, 5) is 56.9. The fourth-order valence-electron chi connectivity index (χ4n) is 9.58. The summed E-state index contributed by atoms with van der Waals surface area (Å²) in [5.74, 6) is 0.0265. The van der Waals surface area contributed by atoms with Crippen molar-refractivity contribution in [1.29, 1.82) is 0 Å². The van der Waals surface area contributed by atoms with E-state index in [4.69, 9.17) is 9.72 Å². The van der Waals surface area contributed by atoms with Crippen LogP contribution in [0.4, 0.5) is 28.7 Å². The minimum Gasteiger partial charge on any atom is -0.392 e. The normalized spacial score (nSPS) is 20.8. The van der Waals surface area contributed by atoms with Gasteiger partial charge in [0.2, 0.25) is 5.91 Å². The Kier molecular flexibility index (Phi) is 9.97. The van der Waals surface area contributed by atoms with E-state index in [9.17, 15) is 19.5 Å². The van der Waals surface area contributed by atoms with Gasteiger partial charge in [0, 0.05) is 99.0 Å². The van der Waals surface area contributed by atoms with Gasteiger partial charge in [-0.25, -0.2) is 9.97 Å². The quantitative estimate of drug-likeness (QED) is 0.181. The molecule has 1 saturated carbocycles. The van der Waals surface area contributed by atoms with Gasteiger partial charge in [0.1, 0.15) is 11.5 Å². The van der Waals surface area contributed by atoms with E-state index in [0.717, 1.165) is 77.1 Å². The smallest absolute Gasteiger partial charge is 0.293 e. The lowest BCUT2D eigenvalue weighted by Crippen LogP contribution is -2.56. The summed E-state index contributed by atoms with van der Waals surface area (Å²) >= 11 is 0. The molecule has 2 amide bonds. The van der Waals surface area contributed by atoms with Crippen molar-refractivity contribution in [3.05, 3.63) is 88.2 Å². The SMILES string of the molecule is C=CC(=O)Nc1cc(Nc2nc(-c3ccnc(N4CCn5c(cc6c5CC(C)(C)C6)C4=O)c3CO)cn(C3CC3)c2=O)ccc1N1CCN(C2CCOCC2)CC1C. The Balaban J connectivity index is 1.02. The number of anilines is 5. The first-order valence-electron chi connectivity index (χ1n) is 20.7. The van der Waals surface area contributed by atoms with Gasteiger partial charge in [-0.15, -0.1) is 0 Å². The number of aliphatic hydroxyl groups is 1. The minimum absolute atomic E-state index is 0.0307. The number of rotatable bonds is 10. The number of carbonyl (C=O) groups excluding carboxylic acids is 2. The summed E-state index contributed by atoms with van der Waals surface area (Å²) < 4.78 is 9.47. The van der Waals surface area contributed by atoms with Gasteiger partial charge in [0.15, 0.2) is 5.82 Å². The van der Waals surface area contributed by atoms with Crippen molar-refractivity contribution >= 4 is 40.5 Å². The molecule has 0 spiro atoms. The van der Waals surface area contributed by atoms with Gasteiger partial charge in [-0.3, -0.25) is 24.2 Å². The topological polar surface area (TPSA) is 150 Å². The molecule has 6 heterocycles. The van der Waals surface area contributed by atoms with Crippen LogP contribution in [0.25, 0.3) is 11.3 Å². The second-order valence-corrected chi connectivity index (χ2v) is 17.3. The molecule has 0 bridgehead atoms. The summed E-state index contributed by atoms with van der Waals surface area (Å²) in [6, 6.07) is 10.3. The first-order chi connectivity index (χ1) is 28.0. The Morgan fingerprint density at radius 1 is 1.03 bits per heavy atom. The number of hydrogen-bond acceptors (Lipinski definition) is 10. The third-order valence-electron chi connectivity index (χ3n) is 12.6. The summed E-state index contributed by atoms with van der Waals surface area (Å²) in [6.45, 7) is 15.3. The summed E-state index contributed by atoms with van der Waals surface area (Å²) in [6.07, 6.45) is 10.3. The zero-order valence-corrected chi connectivity index (χ0v) is 33.7. The van der Waals surface area contributed by atoms with E-state index < -0.39 is 0 Å². The van der Waals surface area contributed by atoms with E-state index in [0.29, 0.717) is 58.8 Å². The number of carbonyl (C=O) groups is 2. The van der Waals surface area contributed by atoms with Crippen LogP contribution in [0.1, 0.15) is 79.8 Å². The number of nitrogens with one attached hydrogen (secondary N) is 2. The number of piperazine rings is 1.